The van der Waals surface area contributed by atoms with Gasteiger partial charge in [0, 0.05) is 5.92 Å². The molecule has 4 aromatic rings. The summed E-state index contributed by atoms with van der Waals surface area (Å²) < 4.78 is 10.8. The summed E-state index contributed by atoms with van der Waals surface area (Å²) in [4.78, 5) is 25.8. The molecule has 0 unspecified atom stereocenters. The van der Waals surface area contributed by atoms with Gasteiger partial charge < -0.3 is 19.0 Å². The number of benzene rings is 2. The van der Waals surface area contributed by atoms with Crippen LogP contribution in [0.3, 0.4) is 0 Å². The first-order valence-corrected chi connectivity index (χ1v) is 10.9. The van der Waals surface area contributed by atoms with Gasteiger partial charge in [-0.05, 0) is 88.0 Å². The summed E-state index contributed by atoms with van der Waals surface area (Å²) in [5.74, 6) is -1.16. The topological polar surface area (TPSA) is 101 Å². The van der Waals surface area contributed by atoms with E-state index < -0.39 is 17.2 Å². The molecule has 6 rings (SSSR count). The van der Waals surface area contributed by atoms with Crippen LogP contribution in [-0.2, 0) is 17.1 Å². The van der Waals surface area contributed by atoms with Crippen molar-refractivity contribution < 1.29 is 36.1 Å². The molecule has 2 aliphatic carbocycles. The molecule has 178 valence electrons. The van der Waals surface area contributed by atoms with Crippen LogP contribution in [0.15, 0.2) is 67.0 Å². The number of aromatic hydroxyl groups is 2. The Hall–Kier alpha value is -3.02. The van der Waals surface area contributed by atoms with Crippen LogP contribution in [0.25, 0.3) is 21.9 Å². The second-order valence-corrected chi connectivity index (χ2v) is 7.91. The van der Waals surface area contributed by atoms with E-state index in [-0.39, 0.29) is 50.9 Å². The Morgan fingerprint density at radius 1 is 0.583 bits per heavy atom. The summed E-state index contributed by atoms with van der Waals surface area (Å²) >= 11 is 0. The number of fused-ring (bicyclic) bond motifs is 2. The maximum absolute atomic E-state index is 12.9. The fourth-order valence-corrected chi connectivity index (χ4v) is 4.18. The number of rotatable bonds is 3. The molecular formula is C29H20FeO6+2. The van der Waals surface area contributed by atoms with Crippen LogP contribution >= 0.6 is 0 Å². The SMILES string of the molecule is O=c1oc2ccccc2c(O)c1C([C]1[CH][CH][CH][CH]1)c1c(O)c2ccccc2oc1=O.[CH]1[CH][CH][CH][CH]1.[Fe+2]. The van der Waals surface area contributed by atoms with Crippen LogP contribution in [0.1, 0.15) is 17.0 Å². The average molecular weight is 520 g/mol. The van der Waals surface area contributed by atoms with Crippen molar-refractivity contribution >= 4 is 21.9 Å². The van der Waals surface area contributed by atoms with Gasteiger partial charge in [-0.25, -0.2) is 9.59 Å². The smallest absolute Gasteiger partial charge is 0.507 e. The Labute approximate surface area is 219 Å². The van der Waals surface area contributed by atoms with E-state index in [4.69, 9.17) is 8.83 Å². The summed E-state index contributed by atoms with van der Waals surface area (Å²) in [5, 5.41) is 22.6. The van der Waals surface area contributed by atoms with Crippen LogP contribution in [-0.4, -0.2) is 10.2 Å². The van der Waals surface area contributed by atoms with E-state index in [9.17, 15) is 19.8 Å². The molecule has 2 fully saturated rings. The van der Waals surface area contributed by atoms with Crippen molar-refractivity contribution in [2.75, 3.05) is 0 Å². The normalized spacial score (nSPS) is 15.7. The first-order valence-electron chi connectivity index (χ1n) is 10.9. The van der Waals surface area contributed by atoms with Crippen LogP contribution in [0.2, 0.25) is 0 Å². The standard InChI is InChI=1S/C24H15O6.C5H5.Fe/c25-21-14-9-3-5-11-16(14)29-23(27)19(21)18(13-7-1-2-8-13)20-22(26)15-10-4-6-12-17(15)30-24(20)28;1-2-4-5-3-1;/h1-12,18,25-26H;1-5H;/q;;+2. The molecule has 0 bridgehead atoms. The fourth-order valence-electron chi connectivity index (χ4n) is 4.18. The summed E-state index contributed by atoms with van der Waals surface area (Å²) in [6.07, 6.45) is 16.9. The molecule has 0 atom stereocenters. The molecule has 6 nitrogen and oxygen atoms in total. The molecular weight excluding hydrogens is 500 g/mol. The maximum atomic E-state index is 12.9. The molecule has 0 aliphatic heterocycles. The Morgan fingerprint density at radius 2 is 0.972 bits per heavy atom. The van der Waals surface area contributed by atoms with Gasteiger partial charge in [0.1, 0.15) is 22.7 Å². The molecule has 7 heteroatoms. The second-order valence-electron chi connectivity index (χ2n) is 7.91. The predicted octanol–water partition coefficient (Wildman–Crippen LogP) is 4.87. The predicted molar refractivity (Wildman–Crippen MR) is 132 cm³/mol. The van der Waals surface area contributed by atoms with Gasteiger partial charge in [-0.15, -0.1) is 0 Å². The van der Waals surface area contributed by atoms with E-state index in [1.807, 2.05) is 32.1 Å². The van der Waals surface area contributed by atoms with Crippen molar-refractivity contribution in [1.29, 1.82) is 0 Å². The molecule has 2 saturated carbocycles. The minimum absolute atomic E-state index is 0. The third kappa shape index (κ3) is 4.95. The number of hydrogen-bond acceptors (Lipinski definition) is 6. The Morgan fingerprint density at radius 3 is 1.39 bits per heavy atom. The van der Waals surface area contributed by atoms with Crippen LogP contribution in [0, 0.1) is 63.7 Å². The molecule has 0 spiro atoms. The van der Waals surface area contributed by atoms with Crippen LogP contribution in [0.4, 0.5) is 0 Å². The summed E-state index contributed by atoms with van der Waals surface area (Å²) in [5.41, 5.74) is -1.44. The third-order valence-corrected chi connectivity index (χ3v) is 5.79. The van der Waals surface area contributed by atoms with E-state index in [0.717, 1.165) is 0 Å². The quantitative estimate of drug-likeness (QED) is 0.296. The Bertz CT molecular complexity index is 1350. The molecule has 0 saturated heterocycles. The fraction of sp³-hybridized carbons (Fsp3) is 0.0345. The molecule has 36 heavy (non-hydrogen) atoms. The van der Waals surface area contributed by atoms with Gasteiger partial charge in [0.2, 0.25) is 0 Å². The summed E-state index contributed by atoms with van der Waals surface area (Å²) in [6, 6.07) is 13.1. The first kappa shape index (κ1) is 26.1. The molecule has 10 radical (unpaired) electrons. The molecule has 2 heterocycles. The molecule has 2 aliphatic rings. The van der Waals surface area contributed by atoms with Crippen molar-refractivity contribution in [3.05, 3.63) is 144 Å². The van der Waals surface area contributed by atoms with Gasteiger partial charge in [0.05, 0.1) is 21.9 Å². The van der Waals surface area contributed by atoms with Gasteiger partial charge in [-0.2, -0.15) is 0 Å². The van der Waals surface area contributed by atoms with Crippen LogP contribution in [0.5, 0.6) is 11.5 Å². The zero-order valence-electron chi connectivity index (χ0n) is 18.8. The zero-order chi connectivity index (χ0) is 24.4. The first-order chi connectivity index (χ1) is 17.1. The van der Waals surface area contributed by atoms with Crippen molar-refractivity contribution in [2.24, 2.45) is 0 Å². The minimum atomic E-state index is -1.08. The maximum Gasteiger partial charge on any atom is 2.00 e. The average Bonchev–Trinajstić information content (AvgIpc) is 3.60. The molecule has 2 N–H and O–H groups in total. The third-order valence-electron chi connectivity index (χ3n) is 5.79. The van der Waals surface area contributed by atoms with Crippen molar-refractivity contribution in [2.45, 2.75) is 5.92 Å². The minimum Gasteiger partial charge on any atom is -0.507 e. The largest absolute Gasteiger partial charge is 2.00 e. The Balaban J connectivity index is 0.000000455. The van der Waals surface area contributed by atoms with Gasteiger partial charge in [0.15, 0.2) is 0 Å². The zero-order valence-corrected chi connectivity index (χ0v) is 19.9. The van der Waals surface area contributed by atoms with Gasteiger partial charge in [0.25, 0.3) is 0 Å². The monoisotopic (exact) mass is 520 g/mol. The number of hydrogen-bond donors (Lipinski definition) is 2. The van der Waals surface area contributed by atoms with E-state index in [2.05, 4.69) is 0 Å². The van der Waals surface area contributed by atoms with Crippen LogP contribution < -0.4 is 11.3 Å². The molecule has 2 aromatic heterocycles. The second kappa shape index (κ2) is 11.4. The van der Waals surface area contributed by atoms with Gasteiger partial charge in [-0.1, -0.05) is 24.3 Å². The Kier molecular flexibility index (Phi) is 8.22. The van der Waals surface area contributed by atoms with Gasteiger partial charge in [-0.3, -0.25) is 0 Å². The summed E-state index contributed by atoms with van der Waals surface area (Å²) in [7, 11) is 0. The van der Waals surface area contributed by atoms with Crippen molar-refractivity contribution in [3.63, 3.8) is 0 Å². The summed E-state index contributed by atoms with van der Waals surface area (Å²) in [6.45, 7) is 0. The molecule has 2 aromatic carbocycles. The van der Waals surface area contributed by atoms with E-state index in [1.54, 1.807) is 74.2 Å². The molecule has 0 amide bonds. The van der Waals surface area contributed by atoms with Crippen molar-refractivity contribution in [1.82, 2.24) is 0 Å². The van der Waals surface area contributed by atoms with Crippen molar-refractivity contribution in [3.8, 4) is 11.5 Å². The van der Waals surface area contributed by atoms with E-state index in [1.165, 1.54) is 0 Å². The van der Waals surface area contributed by atoms with E-state index in [0.29, 0.717) is 16.7 Å². The van der Waals surface area contributed by atoms with E-state index >= 15 is 0 Å². The van der Waals surface area contributed by atoms with Gasteiger partial charge >= 0.3 is 28.3 Å². The number of para-hydroxylation sites is 2.